The normalized spacial score (nSPS) is 10.2. The molecular formula is C8H13N3OS2. The van der Waals surface area contributed by atoms with Crippen molar-refractivity contribution in [3.8, 4) is 0 Å². The molecule has 0 spiro atoms. The fraction of sp³-hybridized carbons (Fsp3) is 0.625. The predicted molar refractivity (Wildman–Crippen MR) is 58.8 cm³/mol. The summed E-state index contributed by atoms with van der Waals surface area (Å²) in [5.41, 5.74) is 0. The van der Waals surface area contributed by atoms with Crippen molar-refractivity contribution in [1.82, 2.24) is 14.3 Å². The highest BCUT2D eigenvalue weighted by Crippen LogP contribution is 2.19. The van der Waals surface area contributed by atoms with Crippen LogP contribution in [0.3, 0.4) is 0 Å². The Bertz CT molecular complexity index is 309. The molecule has 1 aromatic heterocycles. The first-order valence-electron chi connectivity index (χ1n) is 4.44. The van der Waals surface area contributed by atoms with Crippen molar-refractivity contribution in [2.45, 2.75) is 25.9 Å². The Balaban J connectivity index is 2.56. The Labute approximate surface area is 91.9 Å². The van der Waals surface area contributed by atoms with Gasteiger partial charge in [0.15, 0.2) is 0 Å². The number of aryl methyl sites for hydroxylation is 1. The number of carbonyl (C=O) groups excluding carboxylic acids is 1. The summed E-state index contributed by atoms with van der Waals surface area (Å²) < 4.78 is 4.05. The van der Waals surface area contributed by atoms with E-state index in [4.69, 9.17) is 0 Å². The Morgan fingerprint density at radius 3 is 2.57 bits per heavy atom. The maximum atomic E-state index is 11.6. The minimum absolute atomic E-state index is 0.0211. The van der Waals surface area contributed by atoms with E-state index in [9.17, 15) is 4.79 Å². The lowest BCUT2D eigenvalue weighted by Gasteiger charge is -2.16. The topological polar surface area (TPSA) is 46.1 Å². The summed E-state index contributed by atoms with van der Waals surface area (Å²) in [5, 5.41) is 1.47. The van der Waals surface area contributed by atoms with Gasteiger partial charge in [-0.25, -0.2) is 4.98 Å². The maximum Gasteiger partial charge on any atom is 0.289 e. The van der Waals surface area contributed by atoms with E-state index >= 15 is 0 Å². The molecule has 0 unspecified atom stereocenters. The van der Waals surface area contributed by atoms with Crippen molar-refractivity contribution < 1.29 is 4.79 Å². The standard InChI is InChI=1S/C8H13N3OS2/c1-4-11(5-2)8(12)13-7-9-6(3)14-10-7/h4-5H2,1-3H3. The van der Waals surface area contributed by atoms with Gasteiger partial charge in [-0.3, -0.25) is 4.79 Å². The number of aromatic nitrogens is 2. The number of hydrogen-bond acceptors (Lipinski definition) is 5. The SMILES string of the molecule is CCN(CC)C(=O)Sc1nsc(C)n1. The molecule has 0 saturated carbocycles. The van der Waals surface area contributed by atoms with Crippen LogP contribution in [0, 0.1) is 6.92 Å². The second kappa shape index (κ2) is 5.31. The number of hydrogen-bond donors (Lipinski definition) is 0. The third-order valence-corrected chi connectivity index (χ3v) is 3.24. The fourth-order valence-corrected chi connectivity index (χ4v) is 2.37. The minimum atomic E-state index is 0.0211. The molecular weight excluding hydrogens is 218 g/mol. The van der Waals surface area contributed by atoms with Crippen LogP contribution in [0.2, 0.25) is 0 Å². The molecule has 78 valence electrons. The molecule has 14 heavy (non-hydrogen) atoms. The summed E-state index contributed by atoms with van der Waals surface area (Å²) in [6.07, 6.45) is 0. The number of thioether (sulfide) groups is 1. The van der Waals surface area contributed by atoms with Crippen molar-refractivity contribution in [2.24, 2.45) is 0 Å². The van der Waals surface area contributed by atoms with Gasteiger partial charge < -0.3 is 4.90 Å². The number of amides is 1. The molecule has 0 saturated heterocycles. The quantitative estimate of drug-likeness (QED) is 0.749. The molecule has 1 amide bonds. The van der Waals surface area contributed by atoms with Gasteiger partial charge in [0.05, 0.1) is 0 Å². The van der Waals surface area contributed by atoms with Gasteiger partial charge in [0, 0.05) is 24.9 Å². The van der Waals surface area contributed by atoms with Crippen LogP contribution in [0.25, 0.3) is 0 Å². The van der Waals surface area contributed by atoms with Gasteiger partial charge in [0.25, 0.3) is 5.24 Å². The summed E-state index contributed by atoms with van der Waals surface area (Å²) >= 11 is 2.42. The highest BCUT2D eigenvalue weighted by atomic mass is 32.2. The minimum Gasteiger partial charge on any atom is -0.334 e. The van der Waals surface area contributed by atoms with Gasteiger partial charge in [-0.05, 0) is 32.3 Å². The first-order valence-corrected chi connectivity index (χ1v) is 6.03. The van der Waals surface area contributed by atoms with Gasteiger partial charge in [0.1, 0.15) is 5.01 Å². The second-order valence-electron chi connectivity index (χ2n) is 2.64. The van der Waals surface area contributed by atoms with Gasteiger partial charge >= 0.3 is 0 Å². The summed E-state index contributed by atoms with van der Waals surface area (Å²) in [5.74, 6) is 0. The Hall–Kier alpha value is -0.620. The molecule has 0 radical (unpaired) electrons. The molecule has 0 aliphatic rings. The monoisotopic (exact) mass is 231 g/mol. The first kappa shape index (κ1) is 11.5. The molecule has 0 atom stereocenters. The van der Waals surface area contributed by atoms with E-state index in [2.05, 4.69) is 9.36 Å². The number of carbonyl (C=O) groups is 1. The summed E-state index contributed by atoms with van der Waals surface area (Å²) in [4.78, 5) is 17.5. The molecule has 0 aromatic carbocycles. The lowest BCUT2D eigenvalue weighted by Crippen LogP contribution is -2.26. The number of rotatable bonds is 3. The third-order valence-electron chi connectivity index (χ3n) is 1.71. The van der Waals surface area contributed by atoms with Crippen molar-refractivity contribution >= 4 is 28.5 Å². The molecule has 1 rings (SSSR count). The van der Waals surface area contributed by atoms with Gasteiger partial charge in [-0.1, -0.05) is 0 Å². The average molecular weight is 231 g/mol. The van der Waals surface area contributed by atoms with E-state index in [1.165, 1.54) is 11.5 Å². The molecule has 0 N–H and O–H groups in total. The Morgan fingerprint density at radius 1 is 1.50 bits per heavy atom. The molecule has 0 fully saturated rings. The van der Waals surface area contributed by atoms with E-state index < -0.39 is 0 Å². The van der Waals surface area contributed by atoms with Crippen molar-refractivity contribution in [3.63, 3.8) is 0 Å². The summed E-state index contributed by atoms with van der Waals surface area (Å²) in [6.45, 7) is 7.25. The smallest absolute Gasteiger partial charge is 0.289 e. The molecule has 0 bridgehead atoms. The number of nitrogens with zero attached hydrogens (tertiary/aromatic N) is 3. The van der Waals surface area contributed by atoms with E-state index in [-0.39, 0.29) is 5.24 Å². The van der Waals surface area contributed by atoms with Crippen molar-refractivity contribution in [2.75, 3.05) is 13.1 Å². The Morgan fingerprint density at radius 2 is 2.14 bits per heavy atom. The zero-order valence-electron chi connectivity index (χ0n) is 8.48. The molecule has 6 heteroatoms. The van der Waals surface area contributed by atoms with Crippen LogP contribution in [0.1, 0.15) is 18.9 Å². The van der Waals surface area contributed by atoms with Crippen LogP contribution in [-0.2, 0) is 0 Å². The zero-order valence-corrected chi connectivity index (χ0v) is 10.1. The lowest BCUT2D eigenvalue weighted by atomic mass is 10.6. The van der Waals surface area contributed by atoms with Crippen LogP contribution in [0.5, 0.6) is 0 Å². The van der Waals surface area contributed by atoms with Gasteiger partial charge in [0.2, 0.25) is 5.16 Å². The van der Waals surface area contributed by atoms with E-state index in [0.717, 1.165) is 29.9 Å². The van der Waals surface area contributed by atoms with E-state index in [1.807, 2.05) is 20.8 Å². The summed E-state index contributed by atoms with van der Waals surface area (Å²) in [7, 11) is 0. The van der Waals surface area contributed by atoms with E-state index in [1.54, 1.807) is 4.90 Å². The fourth-order valence-electron chi connectivity index (χ4n) is 0.947. The summed E-state index contributed by atoms with van der Waals surface area (Å²) in [6, 6.07) is 0. The third kappa shape index (κ3) is 2.95. The molecule has 1 heterocycles. The predicted octanol–water partition coefficient (Wildman–Crippen LogP) is 2.40. The van der Waals surface area contributed by atoms with Crippen molar-refractivity contribution in [1.29, 1.82) is 0 Å². The highest BCUT2D eigenvalue weighted by Gasteiger charge is 2.13. The second-order valence-corrected chi connectivity index (χ2v) is 4.51. The largest absolute Gasteiger partial charge is 0.334 e. The van der Waals surface area contributed by atoms with Crippen molar-refractivity contribution in [3.05, 3.63) is 5.01 Å². The van der Waals surface area contributed by atoms with Gasteiger partial charge in [-0.15, -0.1) is 0 Å². The van der Waals surface area contributed by atoms with Crippen LogP contribution >= 0.6 is 23.3 Å². The van der Waals surface area contributed by atoms with Gasteiger partial charge in [-0.2, -0.15) is 4.37 Å². The van der Waals surface area contributed by atoms with Crippen LogP contribution in [0.4, 0.5) is 4.79 Å². The maximum absolute atomic E-state index is 11.6. The van der Waals surface area contributed by atoms with Crippen LogP contribution in [-0.4, -0.2) is 32.6 Å². The van der Waals surface area contributed by atoms with E-state index in [0.29, 0.717) is 5.16 Å². The molecule has 0 aliphatic heterocycles. The molecule has 0 aliphatic carbocycles. The highest BCUT2D eigenvalue weighted by molar-refractivity contribution is 8.13. The lowest BCUT2D eigenvalue weighted by molar-refractivity contribution is 0.228. The van der Waals surface area contributed by atoms with Crippen LogP contribution < -0.4 is 0 Å². The van der Waals surface area contributed by atoms with Crippen LogP contribution in [0.15, 0.2) is 5.16 Å². The first-order chi connectivity index (χ1) is 6.67. The average Bonchev–Trinajstić information content (AvgIpc) is 2.53. The molecule has 1 aromatic rings. The zero-order chi connectivity index (χ0) is 10.6. The Kier molecular flexibility index (Phi) is 4.34. The molecule has 4 nitrogen and oxygen atoms in total.